The van der Waals surface area contributed by atoms with Gasteiger partial charge in [0, 0.05) is 29.7 Å². The monoisotopic (exact) mass is 296 g/mol. The standard InChI is InChI=1S/C15H21ClN2O2/c1-11(12-5-3-2-4-6-12)17-10-13-9-14(18(19)20)7-8-15(13)16/h7-9,11-12,17H,2-6,10H2,1H3. The number of benzene rings is 1. The molecule has 1 atom stereocenters. The van der Waals surface area contributed by atoms with Crippen LogP contribution in [0.15, 0.2) is 18.2 Å². The van der Waals surface area contributed by atoms with Crippen molar-refractivity contribution in [3.8, 4) is 0 Å². The number of hydrogen-bond acceptors (Lipinski definition) is 3. The third-order valence-corrected chi connectivity index (χ3v) is 4.58. The molecule has 1 aromatic carbocycles. The van der Waals surface area contributed by atoms with E-state index in [4.69, 9.17) is 11.6 Å². The molecule has 0 aromatic heterocycles. The molecule has 0 amide bonds. The summed E-state index contributed by atoms with van der Waals surface area (Å²) in [5.74, 6) is 0.709. The smallest absolute Gasteiger partial charge is 0.269 e. The molecule has 110 valence electrons. The Bertz CT molecular complexity index is 473. The van der Waals surface area contributed by atoms with Crippen molar-refractivity contribution in [3.05, 3.63) is 38.9 Å². The summed E-state index contributed by atoms with van der Waals surface area (Å²) < 4.78 is 0. The number of nitro benzene ring substituents is 1. The van der Waals surface area contributed by atoms with Crippen LogP contribution in [-0.4, -0.2) is 11.0 Å². The van der Waals surface area contributed by atoms with Crippen molar-refractivity contribution in [1.29, 1.82) is 0 Å². The molecule has 1 aliphatic rings. The highest BCUT2D eigenvalue weighted by Crippen LogP contribution is 2.27. The van der Waals surface area contributed by atoms with Crippen LogP contribution in [0.3, 0.4) is 0 Å². The van der Waals surface area contributed by atoms with E-state index >= 15 is 0 Å². The molecule has 0 bridgehead atoms. The molecule has 1 fully saturated rings. The number of nitrogens with zero attached hydrogens (tertiary/aromatic N) is 1. The lowest BCUT2D eigenvalue weighted by Gasteiger charge is -2.28. The minimum Gasteiger partial charge on any atom is -0.310 e. The Hall–Kier alpha value is -1.13. The van der Waals surface area contributed by atoms with Crippen molar-refractivity contribution in [1.82, 2.24) is 5.32 Å². The highest BCUT2D eigenvalue weighted by atomic mass is 35.5. The van der Waals surface area contributed by atoms with Crippen LogP contribution in [0.5, 0.6) is 0 Å². The van der Waals surface area contributed by atoms with Gasteiger partial charge in [0.1, 0.15) is 0 Å². The minimum absolute atomic E-state index is 0.0940. The van der Waals surface area contributed by atoms with Gasteiger partial charge in [-0.2, -0.15) is 0 Å². The van der Waals surface area contributed by atoms with Gasteiger partial charge in [-0.05, 0) is 37.3 Å². The van der Waals surface area contributed by atoms with E-state index in [1.54, 1.807) is 12.1 Å². The maximum atomic E-state index is 10.8. The van der Waals surface area contributed by atoms with Gasteiger partial charge in [-0.15, -0.1) is 0 Å². The summed E-state index contributed by atoms with van der Waals surface area (Å²) in [5.41, 5.74) is 0.889. The Kier molecular flexibility index (Phi) is 5.38. The quantitative estimate of drug-likeness (QED) is 0.651. The molecule has 1 saturated carbocycles. The van der Waals surface area contributed by atoms with Crippen molar-refractivity contribution in [3.63, 3.8) is 0 Å². The van der Waals surface area contributed by atoms with Gasteiger partial charge in [0.15, 0.2) is 0 Å². The van der Waals surface area contributed by atoms with Gasteiger partial charge in [-0.1, -0.05) is 30.9 Å². The highest BCUT2D eigenvalue weighted by molar-refractivity contribution is 6.31. The summed E-state index contributed by atoms with van der Waals surface area (Å²) in [7, 11) is 0. The molecule has 1 unspecified atom stereocenters. The molecule has 2 rings (SSSR count). The van der Waals surface area contributed by atoms with E-state index in [0.717, 1.165) is 5.56 Å². The molecule has 5 heteroatoms. The van der Waals surface area contributed by atoms with Gasteiger partial charge in [0.2, 0.25) is 0 Å². The maximum absolute atomic E-state index is 10.8. The van der Waals surface area contributed by atoms with Gasteiger partial charge in [0.25, 0.3) is 5.69 Å². The van der Waals surface area contributed by atoms with Gasteiger partial charge < -0.3 is 5.32 Å². The number of non-ortho nitro benzene ring substituents is 1. The Labute approximate surface area is 124 Å². The molecule has 1 N–H and O–H groups in total. The van der Waals surface area contributed by atoms with E-state index in [2.05, 4.69) is 12.2 Å². The number of rotatable bonds is 5. The molecule has 20 heavy (non-hydrogen) atoms. The van der Waals surface area contributed by atoms with Crippen LogP contribution in [0.2, 0.25) is 5.02 Å². The third kappa shape index (κ3) is 3.93. The SMILES string of the molecule is CC(NCc1cc([N+](=O)[O-])ccc1Cl)C1CCCCC1. The Morgan fingerprint density at radius 3 is 2.75 bits per heavy atom. The first kappa shape index (κ1) is 15.3. The van der Waals surface area contributed by atoms with Gasteiger partial charge in [-0.3, -0.25) is 10.1 Å². The summed E-state index contributed by atoms with van der Waals surface area (Å²) in [6, 6.07) is 5.02. The first-order valence-corrected chi connectivity index (χ1v) is 7.62. The third-order valence-electron chi connectivity index (χ3n) is 4.21. The fourth-order valence-electron chi connectivity index (χ4n) is 2.88. The van der Waals surface area contributed by atoms with Crippen LogP contribution >= 0.6 is 11.6 Å². The second-order valence-corrected chi connectivity index (χ2v) is 6.01. The number of nitrogens with one attached hydrogen (secondary N) is 1. The summed E-state index contributed by atoms with van der Waals surface area (Å²) in [5, 5.41) is 14.8. The molecule has 0 saturated heterocycles. The van der Waals surface area contributed by atoms with Crippen LogP contribution in [-0.2, 0) is 6.54 Å². The van der Waals surface area contributed by atoms with Crippen LogP contribution < -0.4 is 5.32 Å². The van der Waals surface area contributed by atoms with Gasteiger partial charge in [0.05, 0.1) is 4.92 Å². The largest absolute Gasteiger partial charge is 0.310 e. The molecular formula is C15H21ClN2O2. The topological polar surface area (TPSA) is 55.2 Å². The number of halogens is 1. The van der Waals surface area contributed by atoms with E-state index in [1.807, 2.05) is 0 Å². The molecule has 4 nitrogen and oxygen atoms in total. The zero-order valence-electron chi connectivity index (χ0n) is 11.8. The number of hydrogen-bond donors (Lipinski definition) is 1. The molecule has 0 aliphatic heterocycles. The van der Waals surface area contributed by atoms with E-state index in [1.165, 1.54) is 38.2 Å². The molecule has 0 radical (unpaired) electrons. The summed E-state index contributed by atoms with van der Waals surface area (Å²) in [6.07, 6.45) is 6.52. The lowest BCUT2D eigenvalue weighted by atomic mass is 9.84. The Balaban J connectivity index is 1.95. The van der Waals surface area contributed by atoms with Crippen LogP contribution in [0.25, 0.3) is 0 Å². The summed E-state index contributed by atoms with van der Waals surface area (Å²) in [4.78, 5) is 10.4. The van der Waals surface area contributed by atoms with Crippen LogP contribution in [0, 0.1) is 16.0 Å². The second-order valence-electron chi connectivity index (χ2n) is 5.60. The van der Waals surface area contributed by atoms with Crippen molar-refractivity contribution in [2.75, 3.05) is 0 Å². The second kappa shape index (κ2) is 7.04. The zero-order chi connectivity index (χ0) is 14.5. The summed E-state index contributed by atoms with van der Waals surface area (Å²) >= 11 is 6.11. The normalized spacial score (nSPS) is 17.9. The van der Waals surface area contributed by atoms with Crippen molar-refractivity contribution in [2.24, 2.45) is 5.92 Å². The van der Waals surface area contributed by atoms with Gasteiger partial charge >= 0.3 is 0 Å². The first-order chi connectivity index (χ1) is 9.58. The molecule has 0 spiro atoms. The highest BCUT2D eigenvalue weighted by Gasteiger charge is 2.20. The fourth-order valence-corrected chi connectivity index (χ4v) is 3.07. The zero-order valence-corrected chi connectivity index (χ0v) is 12.5. The minimum atomic E-state index is -0.385. The van der Waals surface area contributed by atoms with Crippen LogP contribution in [0.1, 0.15) is 44.6 Å². The van der Waals surface area contributed by atoms with E-state index in [-0.39, 0.29) is 10.6 Å². The average Bonchev–Trinajstić information content (AvgIpc) is 2.46. The average molecular weight is 297 g/mol. The molecule has 1 aliphatic carbocycles. The van der Waals surface area contributed by atoms with Crippen molar-refractivity contribution >= 4 is 17.3 Å². The first-order valence-electron chi connectivity index (χ1n) is 7.24. The van der Waals surface area contributed by atoms with E-state index in [0.29, 0.717) is 23.5 Å². The lowest BCUT2D eigenvalue weighted by molar-refractivity contribution is -0.384. The number of nitro groups is 1. The summed E-state index contributed by atoms with van der Waals surface area (Å²) in [6.45, 7) is 2.78. The molecule has 0 heterocycles. The van der Waals surface area contributed by atoms with Crippen molar-refractivity contribution in [2.45, 2.75) is 51.6 Å². The predicted octanol–water partition coefficient (Wildman–Crippen LogP) is 4.31. The van der Waals surface area contributed by atoms with Gasteiger partial charge in [-0.25, -0.2) is 0 Å². The van der Waals surface area contributed by atoms with E-state index in [9.17, 15) is 10.1 Å². The fraction of sp³-hybridized carbons (Fsp3) is 0.600. The van der Waals surface area contributed by atoms with Crippen molar-refractivity contribution < 1.29 is 4.92 Å². The lowest BCUT2D eigenvalue weighted by Crippen LogP contribution is -2.34. The van der Waals surface area contributed by atoms with Crippen LogP contribution in [0.4, 0.5) is 5.69 Å². The molecule has 1 aromatic rings. The molecular weight excluding hydrogens is 276 g/mol. The predicted molar refractivity (Wildman–Crippen MR) is 81.0 cm³/mol. The Morgan fingerprint density at radius 1 is 1.40 bits per heavy atom. The Morgan fingerprint density at radius 2 is 2.10 bits per heavy atom. The maximum Gasteiger partial charge on any atom is 0.269 e. The van der Waals surface area contributed by atoms with E-state index < -0.39 is 0 Å².